The second kappa shape index (κ2) is 8.09. The van der Waals surface area contributed by atoms with Gasteiger partial charge in [0.15, 0.2) is 0 Å². The Bertz CT molecular complexity index is 641. The normalized spacial score (nSPS) is 12.2. The summed E-state index contributed by atoms with van der Waals surface area (Å²) in [7, 11) is 0. The fourth-order valence-corrected chi connectivity index (χ4v) is 2.48. The van der Waals surface area contributed by atoms with Gasteiger partial charge >= 0.3 is 0 Å². The van der Waals surface area contributed by atoms with Crippen molar-refractivity contribution >= 4 is 23.2 Å². The third kappa shape index (κ3) is 5.34. The average Bonchev–Trinajstić information content (AvgIpc) is 2.51. The van der Waals surface area contributed by atoms with E-state index in [9.17, 15) is 9.18 Å². The van der Waals surface area contributed by atoms with E-state index in [4.69, 9.17) is 11.6 Å². The van der Waals surface area contributed by atoms with E-state index in [-0.39, 0.29) is 30.2 Å². The van der Waals surface area contributed by atoms with Gasteiger partial charge in [-0.15, -0.1) is 0 Å². The molecule has 0 bridgehead atoms. The number of benzene rings is 2. The van der Waals surface area contributed by atoms with E-state index < -0.39 is 0 Å². The second-order valence-corrected chi connectivity index (χ2v) is 6.15. The molecule has 3 nitrogen and oxygen atoms in total. The number of rotatable bonds is 6. The first-order valence-corrected chi connectivity index (χ1v) is 7.88. The standard InChI is InChI=1S/C18H20ClFN2O/c1-12(2)18(13-3-7-15(20)8-4-13)21-11-17(23)22-16-9-5-14(19)6-10-16/h3-10,12,18,21H,11H2,1-2H3,(H,22,23)/t18-/m1/s1. The molecule has 122 valence electrons. The number of carbonyl (C=O) groups excluding carboxylic acids is 1. The largest absolute Gasteiger partial charge is 0.325 e. The van der Waals surface area contributed by atoms with E-state index >= 15 is 0 Å². The van der Waals surface area contributed by atoms with Crippen LogP contribution in [0.25, 0.3) is 0 Å². The maximum absolute atomic E-state index is 13.0. The highest BCUT2D eigenvalue weighted by molar-refractivity contribution is 6.30. The van der Waals surface area contributed by atoms with Crippen LogP contribution in [0.4, 0.5) is 10.1 Å². The Kier molecular flexibility index (Phi) is 6.13. The van der Waals surface area contributed by atoms with Crippen molar-refractivity contribution < 1.29 is 9.18 Å². The number of amides is 1. The number of nitrogens with one attached hydrogen (secondary N) is 2. The molecule has 0 aliphatic rings. The maximum Gasteiger partial charge on any atom is 0.238 e. The zero-order valence-electron chi connectivity index (χ0n) is 13.1. The number of hydrogen-bond acceptors (Lipinski definition) is 2. The molecule has 23 heavy (non-hydrogen) atoms. The molecule has 5 heteroatoms. The van der Waals surface area contributed by atoms with Gasteiger partial charge in [-0.2, -0.15) is 0 Å². The molecule has 0 spiro atoms. The lowest BCUT2D eigenvalue weighted by atomic mass is 9.96. The molecule has 0 aliphatic heterocycles. The molecule has 2 rings (SSSR count). The average molecular weight is 335 g/mol. The number of halogens is 2. The predicted molar refractivity (Wildman–Crippen MR) is 92.1 cm³/mol. The van der Waals surface area contributed by atoms with Gasteiger partial charge in [-0.05, 0) is 47.9 Å². The molecular weight excluding hydrogens is 315 g/mol. The van der Waals surface area contributed by atoms with Gasteiger partial charge in [0.1, 0.15) is 5.82 Å². The van der Waals surface area contributed by atoms with Gasteiger partial charge in [0, 0.05) is 16.8 Å². The maximum atomic E-state index is 13.0. The summed E-state index contributed by atoms with van der Waals surface area (Å²) in [5.74, 6) is -0.138. The SMILES string of the molecule is CC(C)[C@@H](NCC(=O)Nc1ccc(Cl)cc1)c1ccc(F)cc1. The van der Waals surface area contributed by atoms with Gasteiger partial charge in [-0.3, -0.25) is 4.79 Å². The topological polar surface area (TPSA) is 41.1 Å². The van der Waals surface area contributed by atoms with Crippen LogP contribution in [0.15, 0.2) is 48.5 Å². The van der Waals surface area contributed by atoms with Crippen molar-refractivity contribution in [1.82, 2.24) is 5.32 Å². The van der Waals surface area contributed by atoms with E-state index in [0.29, 0.717) is 10.7 Å². The molecule has 0 saturated heterocycles. The van der Waals surface area contributed by atoms with E-state index in [1.54, 1.807) is 36.4 Å². The molecule has 2 N–H and O–H groups in total. The molecule has 0 aliphatic carbocycles. The zero-order valence-corrected chi connectivity index (χ0v) is 13.9. The van der Waals surface area contributed by atoms with Crippen molar-refractivity contribution in [3.05, 3.63) is 64.9 Å². The molecule has 2 aromatic rings. The van der Waals surface area contributed by atoms with Crippen molar-refractivity contribution in [1.29, 1.82) is 0 Å². The van der Waals surface area contributed by atoms with Gasteiger partial charge in [-0.25, -0.2) is 4.39 Å². The van der Waals surface area contributed by atoms with Crippen LogP contribution < -0.4 is 10.6 Å². The lowest BCUT2D eigenvalue weighted by Gasteiger charge is -2.22. The first kappa shape index (κ1) is 17.4. The van der Waals surface area contributed by atoms with Crippen LogP contribution in [0, 0.1) is 11.7 Å². The quantitative estimate of drug-likeness (QED) is 0.821. The molecule has 0 saturated carbocycles. The van der Waals surface area contributed by atoms with Gasteiger partial charge in [0.2, 0.25) is 5.91 Å². The fraction of sp³-hybridized carbons (Fsp3) is 0.278. The monoisotopic (exact) mass is 334 g/mol. The second-order valence-electron chi connectivity index (χ2n) is 5.71. The molecule has 0 fully saturated rings. The summed E-state index contributed by atoms with van der Waals surface area (Å²) < 4.78 is 13.0. The molecule has 0 radical (unpaired) electrons. The highest BCUT2D eigenvalue weighted by Crippen LogP contribution is 2.21. The molecule has 0 heterocycles. The molecule has 2 aromatic carbocycles. The predicted octanol–water partition coefficient (Wildman–Crippen LogP) is 4.40. The number of anilines is 1. The van der Waals surface area contributed by atoms with Crippen LogP contribution in [0.5, 0.6) is 0 Å². The minimum Gasteiger partial charge on any atom is -0.325 e. The zero-order chi connectivity index (χ0) is 16.8. The van der Waals surface area contributed by atoms with Crippen LogP contribution >= 0.6 is 11.6 Å². The van der Waals surface area contributed by atoms with Crippen molar-refractivity contribution in [3.8, 4) is 0 Å². The molecule has 1 atom stereocenters. The molecular formula is C18H20ClFN2O. The summed E-state index contributed by atoms with van der Waals surface area (Å²) in [5.41, 5.74) is 1.66. The third-order valence-corrected chi connectivity index (χ3v) is 3.76. The van der Waals surface area contributed by atoms with Crippen LogP contribution in [-0.2, 0) is 4.79 Å². The first-order chi connectivity index (χ1) is 11.0. The van der Waals surface area contributed by atoms with Crippen LogP contribution in [0.3, 0.4) is 0 Å². The fourth-order valence-electron chi connectivity index (χ4n) is 2.35. The lowest BCUT2D eigenvalue weighted by Crippen LogP contribution is -2.33. The highest BCUT2D eigenvalue weighted by Gasteiger charge is 2.16. The Morgan fingerprint density at radius 3 is 2.26 bits per heavy atom. The van der Waals surface area contributed by atoms with Crippen molar-refractivity contribution in [2.75, 3.05) is 11.9 Å². The Labute approximate surface area is 140 Å². The Morgan fingerprint density at radius 2 is 1.70 bits per heavy atom. The van der Waals surface area contributed by atoms with Gasteiger partial charge in [0.25, 0.3) is 0 Å². The molecule has 0 unspecified atom stereocenters. The summed E-state index contributed by atoms with van der Waals surface area (Å²) in [5, 5.41) is 6.65. The van der Waals surface area contributed by atoms with E-state index in [1.165, 1.54) is 12.1 Å². The highest BCUT2D eigenvalue weighted by atomic mass is 35.5. The van der Waals surface area contributed by atoms with Gasteiger partial charge in [-0.1, -0.05) is 37.6 Å². The Balaban J connectivity index is 1.94. The van der Waals surface area contributed by atoms with Crippen LogP contribution in [0.1, 0.15) is 25.5 Å². The minimum atomic E-state index is -0.267. The van der Waals surface area contributed by atoms with Crippen LogP contribution in [0.2, 0.25) is 5.02 Å². The Morgan fingerprint density at radius 1 is 1.09 bits per heavy atom. The summed E-state index contributed by atoms with van der Waals surface area (Å²) in [4.78, 5) is 12.0. The lowest BCUT2D eigenvalue weighted by molar-refractivity contribution is -0.115. The molecule has 1 amide bonds. The third-order valence-electron chi connectivity index (χ3n) is 3.51. The smallest absolute Gasteiger partial charge is 0.238 e. The Hall–Kier alpha value is -1.91. The van der Waals surface area contributed by atoms with E-state index in [0.717, 1.165) is 5.56 Å². The first-order valence-electron chi connectivity index (χ1n) is 7.50. The van der Waals surface area contributed by atoms with Gasteiger partial charge < -0.3 is 10.6 Å². The summed E-state index contributed by atoms with van der Waals surface area (Å²) >= 11 is 5.81. The summed E-state index contributed by atoms with van der Waals surface area (Å²) in [6.07, 6.45) is 0. The summed E-state index contributed by atoms with van der Waals surface area (Å²) in [6, 6.07) is 13.3. The number of carbonyl (C=O) groups is 1. The van der Waals surface area contributed by atoms with Crippen molar-refractivity contribution in [3.63, 3.8) is 0 Å². The van der Waals surface area contributed by atoms with Crippen molar-refractivity contribution in [2.24, 2.45) is 5.92 Å². The summed E-state index contributed by atoms with van der Waals surface area (Å²) in [6.45, 7) is 4.28. The van der Waals surface area contributed by atoms with Gasteiger partial charge in [0.05, 0.1) is 6.54 Å². The van der Waals surface area contributed by atoms with E-state index in [2.05, 4.69) is 24.5 Å². The van der Waals surface area contributed by atoms with Crippen LogP contribution in [-0.4, -0.2) is 12.5 Å². The minimum absolute atomic E-state index is 0.0217. The van der Waals surface area contributed by atoms with E-state index in [1.807, 2.05) is 0 Å². The van der Waals surface area contributed by atoms with Crippen molar-refractivity contribution in [2.45, 2.75) is 19.9 Å². The number of hydrogen-bond donors (Lipinski definition) is 2. The molecule has 0 aromatic heterocycles.